The minimum Gasteiger partial charge on any atom is -0.465 e. The Labute approximate surface area is 190 Å². The number of benzene rings is 2. The van der Waals surface area contributed by atoms with Crippen molar-refractivity contribution in [3.63, 3.8) is 0 Å². The summed E-state index contributed by atoms with van der Waals surface area (Å²) in [6.45, 7) is 6.88. The van der Waals surface area contributed by atoms with Crippen molar-refractivity contribution in [2.75, 3.05) is 7.11 Å². The van der Waals surface area contributed by atoms with Crippen molar-refractivity contribution in [1.29, 1.82) is 0 Å². The van der Waals surface area contributed by atoms with Gasteiger partial charge in [-0.2, -0.15) is 0 Å². The maximum absolute atomic E-state index is 12.1. The lowest BCUT2D eigenvalue weighted by atomic mass is 9.98. The number of hydrogen-bond acceptors (Lipinski definition) is 4. The number of halogens is 1. The Balaban J connectivity index is 1.71. The molecule has 0 spiro atoms. The monoisotopic (exact) mass is 477 g/mol. The number of fused-ring (bicyclic) bond motifs is 1. The van der Waals surface area contributed by atoms with Crippen LogP contribution in [0.15, 0.2) is 53.0 Å². The number of nitrogens with zero attached hydrogens (tertiary/aromatic N) is 3. The molecule has 0 N–H and O–H groups in total. The summed E-state index contributed by atoms with van der Waals surface area (Å²) in [7, 11) is 1.40. The summed E-state index contributed by atoms with van der Waals surface area (Å²) in [5, 5.41) is 0. The summed E-state index contributed by atoms with van der Waals surface area (Å²) in [5.41, 5.74) is 7.48. The Hall–Kier alpha value is -2.99. The second-order valence-electron chi connectivity index (χ2n) is 7.51. The highest BCUT2D eigenvalue weighted by Gasteiger charge is 2.17. The molecule has 6 heteroatoms. The number of hydrogen-bond donors (Lipinski definition) is 0. The van der Waals surface area contributed by atoms with Crippen LogP contribution >= 0.6 is 15.9 Å². The van der Waals surface area contributed by atoms with E-state index in [9.17, 15) is 4.79 Å². The molecule has 0 atom stereocenters. The summed E-state index contributed by atoms with van der Waals surface area (Å²) in [6, 6.07) is 15.8. The van der Waals surface area contributed by atoms with Crippen LogP contribution in [0, 0.1) is 13.8 Å². The molecule has 0 fully saturated rings. The van der Waals surface area contributed by atoms with Crippen molar-refractivity contribution in [3.8, 4) is 11.1 Å². The van der Waals surface area contributed by atoms with E-state index in [0.29, 0.717) is 12.1 Å². The van der Waals surface area contributed by atoms with Gasteiger partial charge in [0.15, 0.2) is 5.65 Å². The van der Waals surface area contributed by atoms with Crippen LogP contribution in [-0.4, -0.2) is 27.6 Å². The maximum atomic E-state index is 12.1. The quantitative estimate of drug-likeness (QED) is 0.337. The maximum Gasteiger partial charge on any atom is 0.338 e. The number of esters is 1. The zero-order valence-corrected chi connectivity index (χ0v) is 19.7. The highest BCUT2D eigenvalue weighted by molar-refractivity contribution is 9.10. The molecule has 2 aromatic carbocycles. The first kappa shape index (κ1) is 21.2. The van der Waals surface area contributed by atoms with Crippen molar-refractivity contribution in [2.24, 2.45) is 0 Å². The number of carbonyl (C=O) groups excluding carboxylic acids is 1. The molecule has 0 radical (unpaired) electrons. The van der Waals surface area contributed by atoms with Crippen molar-refractivity contribution in [1.82, 2.24) is 14.5 Å². The van der Waals surface area contributed by atoms with E-state index in [1.165, 1.54) is 7.11 Å². The standard InChI is InChI=1S/C25H24BrN3O2/c1-5-21-28-23-15(2)22(26)16(3)27-24(23)29(21)14-17-10-12-18(13-11-17)19-8-6-7-9-20(19)25(30)31-4/h6-13H,5,14H2,1-4H3. The van der Waals surface area contributed by atoms with Crippen molar-refractivity contribution in [2.45, 2.75) is 33.7 Å². The van der Waals surface area contributed by atoms with Gasteiger partial charge in [0.25, 0.3) is 0 Å². The van der Waals surface area contributed by atoms with Gasteiger partial charge in [-0.1, -0.05) is 49.4 Å². The molecule has 158 valence electrons. The van der Waals surface area contributed by atoms with Crippen molar-refractivity contribution < 1.29 is 9.53 Å². The van der Waals surface area contributed by atoms with Gasteiger partial charge in [-0.05, 0) is 58.1 Å². The number of imidazole rings is 1. The van der Waals surface area contributed by atoms with Crippen LogP contribution in [0.1, 0.15) is 39.9 Å². The first-order chi connectivity index (χ1) is 14.9. The smallest absolute Gasteiger partial charge is 0.338 e. The van der Waals surface area contributed by atoms with Crippen LogP contribution in [0.25, 0.3) is 22.3 Å². The number of rotatable bonds is 5. The lowest BCUT2D eigenvalue weighted by Gasteiger charge is -2.11. The van der Waals surface area contributed by atoms with Gasteiger partial charge in [0.2, 0.25) is 0 Å². The Morgan fingerprint density at radius 1 is 1.06 bits per heavy atom. The normalized spacial score (nSPS) is 11.1. The average molecular weight is 478 g/mol. The number of pyridine rings is 1. The Morgan fingerprint density at radius 2 is 1.77 bits per heavy atom. The highest BCUT2D eigenvalue weighted by Crippen LogP contribution is 2.29. The van der Waals surface area contributed by atoms with E-state index >= 15 is 0 Å². The zero-order valence-electron chi connectivity index (χ0n) is 18.1. The Kier molecular flexibility index (Phi) is 5.92. The topological polar surface area (TPSA) is 57.0 Å². The fourth-order valence-electron chi connectivity index (χ4n) is 3.87. The number of methoxy groups -OCH3 is 1. The van der Waals surface area contributed by atoms with E-state index in [1.807, 2.05) is 37.3 Å². The summed E-state index contributed by atoms with van der Waals surface area (Å²) >= 11 is 3.63. The van der Waals surface area contributed by atoms with Crippen molar-refractivity contribution >= 4 is 33.1 Å². The molecule has 0 bridgehead atoms. The minimum absolute atomic E-state index is 0.333. The van der Waals surface area contributed by atoms with E-state index in [1.54, 1.807) is 6.07 Å². The van der Waals surface area contributed by atoms with Gasteiger partial charge >= 0.3 is 5.97 Å². The molecular formula is C25H24BrN3O2. The molecule has 5 nitrogen and oxygen atoms in total. The number of aromatic nitrogens is 3. The highest BCUT2D eigenvalue weighted by atomic mass is 79.9. The first-order valence-electron chi connectivity index (χ1n) is 10.2. The van der Waals surface area contributed by atoms with Gasteiger partial charge in [0.05, 0.1) is 24.9 Å². The number of aryl methyl sites for hydroxylation is 3. The molecule has 0 aliphatic carbocycles. The summed E-state index contributed by atoms with van der Waals surface area (Å²) in [4.78, 5) is 21.8. The van der Waals surface area contributed by atoms with Crippen LogP contribution in [0.2, 0.25) is 0 Å². The fraction of sp³-hybridized carbons (Fsp3) is 0.240. The number of ether oxygens (including phenoxy) is 1. The molecule has 0 unspecified atom stereocenters. The molecule has 0 aliphatic heterocycles. The molecule has 0 saturated heterocycles. The molecule has 4 rings (SSSR count). The minimum atomic E-state index is -0.333. The third-order valence-corrected chi connectivity index (χ3v) is 6.72. The average Bonchev–Trinajstić information content (AvgIpc) is 3.14. The van der Waals surface area contributed by atoms with Crippen LogP contribution in [0.5, 0.6) is 0 Å². The summed E-state index contributed by atoms with van der Waals surface area (Å²) in [6.07, 6.45) is 0.830. The van der Waals surface area contributed by atoms with Crippen molar-refractivity contribution in [3.05, 3.63) is 81.2 Å². The molecule has 31 heavy (non-hydrogen) atoms. The van der Waals surface area contributed by atoms with Gasteiger partial charge in [-0.25, -0.2) is 14.8 Å². The summed E-state index contributed by atoms with van der Waals surface area (Å²) < 4.78 is 8.14. The molecular weight excluding hydrogens is 454 g/mol. The molecule has 4 aromatic rings. The van der Waals surface area contributed by atoms with Crippen LogP contribution in [0.4, 0.5) is 0 Å². The Bertz CT molecular complexity index is 1280. The SMILES string of the molecule is CCc1nc2c(C)c(Br)c(C)nc2n1Cc1ccc(-c2ccccc2C(=O)OC)cc1. The van der Waals surface area contributed by atoms with Crippen LogP contribution < -0.4 is 0 Å². The van der Waals surface area contributed by atoms with Gasteiger partial charge < -0.3 is 9.30 Å². The second-order valence-corrected chi connectivity index (χ2v) is 8.30. The molecule has 2 heterocycles. The molecule has 0 aliphatic rings. The first-order valence-corrected chi connectivity index (χ1v) is 11.0. The third-order valence-electron chi connectivity index (χ3n) is 5.55. The van der Waals surface area contributed by atoms with Gasteiger partial charge in [-0.3, -0.25) is 0 Å². The Morgan fingerprint density at radius 3 is 2.45 bits per heavy atom. The van der Waals surface area contributed by atoms with E-state index in [0.717, 1.165) is 55.8 Å². The van der Waals surface area contributed by atoms with Crippen LogP contribution in [0.3, 0.4) is 0 Å². The largest absolute Gasteiger partial charge is 0.465 e. The fourth-order valence-corrected chi connectivity index (χ4v) is 4.15. The third kappa shape index (κ3) is 3.88. The van der Waals surface area contributed by atoms with Gasteiger partial charge in [0.1, 0.15) is 11.3 Å². The lowest BCUT2D eigenvalue weighted by molar-refractivity contribution is 0.0601. The van der Waals surface area contributed by atoms with E-state index in [2.05, 4.69) is 46.5 Å². The summed E-state index contributed by atoms with van der Waals surface area (Å²) in [5.74, 6) is 0.684. The van der Waals surface area contributed by atoms with E-state index < -0.39 is 0 Å². The number of carbonyl (C=O) groups is 1. The molecule has 0 amide bonds. The zero-order chi connectivity index (χ0) is 22.1. The predicted molar refractivity (Wildman–Crippen MR) is 126 cm³/mol. The van der Waals surface area contributed by atoms with Gasteiger partial charge in [0, 0.05) is 10.9 Å². The molecule has 2 aromatic heterocycles. The second kappa shape index (κ2) is 8.63. The van der Waals surface area contributed by atoms with Crippen LogP contribution in [-0.2, 0) is 17.7 Å². The van der Waals surface area contributed by atoms with E-state index in [4.69, 9.17) is 14.7 Å². The predicted octanol–water partition coefficient (Wildman–Crippen LogP) is 5.87. The van der Waals surface area contributed by atoms with Gasteiger partial charge in [-0.15, -0.1) is 0 Å². The lowest BCUT2D eigenvalue weighted by Crippen LogP contribution is -2.06. The van der Waals surface area contributed by atoms with E-state index in [-0.39, 0.29) is 5.97 Å². The molecule has 0 saturated carbocycles.